The number of rotatable bonds is 7. The van der Waals surface area contributed by atoms with E-state index in [0.717, 1.165) is 37.4 Å². The average molecular weight is 452 g/mol. The van der Waals surface area contributed by atoms with Crippen LogP contribution in [0.1, 0.15) is 11.3 Å². The Bertz CT molecular complexity index is 1160. The van der Waals surface area contributed by atoms with E-state index in [0.29, 0.717) is 30.9 Å². The maximum Gasteiger partial charge on any atom is 0.411 e. The molecule has 0 bridgehead atoms. The number of hydrogen-bond acceptors (Lipinski definition) is 6. The molecule has 0 atom stereocenters. The van der Waals surface area contributed by atoms with Crippen LogP contribution in [0.15, 0.2) is 53.7 Å². The summed E-state index contributed by atoms with van der Waals surface area (Å²) in [5, 5.41) is 18.4. The number of nitrogens with zero attached hydrogens (tertiary/aromatic N) is 7. The van der Waals surface area contributed by atoms with Crippen LogP contribution in [0.2, 0.25) is 0 Å². The lowest BCUT2D eigenvalue weighted by Gasteiger charge is -2.33. The summed E-state index contributed by atoms with van der Waals surface area (Å²) in [4.78, 5) is 30.3. The Hall–Kier alpha value is -3.50. The van der Waals surface area contributed by atoms with Crippen LogP contribution in [0.4, 0.5) is 10.5 Å². The van der Waals surface area contributed by atoms with Gasteiger partial charge in [0.2, 0.25) is 5.43 Å². The average Bonchev–Trinajstić information content (AvgIpc) is 3.23. The van der Waals surface area contributed by atoms with Crippen molar-refractivity contribution in [3.05, 3.63) is 70.4 Å². The Morgan fingerprint density at radius 3 is 2.64 bits per heavy atom. The molecule has 1 aromatic carbocycles. The number of amides is 1. The van der Waals surface area contributed by atoms with Gasteiger partial charge in [0.15, 0.2) is 0 Å². The van der Waals surface area contributed by atoms with Gasteiger partial charge >= 0.3 is 6.09 Å². The van der Waals surface area contributed by atoms with Gasteiger partial charge in [0, 0.05) is 70.7 Å². The summed E-state index contributed by atoms with van der Waals surface area (Å²) in [7, 11) is 3.91. The van der Waals surface area contributed by atoms with Crippen LogP contribution in [0.5, 0.6) is 0 Å². The summed E-state index contributed by atoms with van der Waals surface area (Å²) in [5.41, 5.74) is 2.40. The standard InChI is InChI=1S/C23H29N7O3/c1-26-8-10-28(11-9-26)12-13-29(23(32)33)19-5-3-4-18(14-19)15-21-22(31)6-7-30(25-21)20-16-24-27(2)17-20/h3-7,14,16-17H,8-13,15H2,1-2H3,(H,32,33). The van der Waals surface area contributed by atoms with Crippen molar-refractivity contribution in [3.8, 4) is 5.69 Å². The normalized spacial score (nSPS) is 15.0. The highest BCUT2D eigenvalue weighted by Gasteiger charge is 2.19. The third kappa shape index (κ3) is 5.65. The third-order valence-corrected chi connectivity index (χ3v) is 5.90. The summed E-state index contributed by atoms with van der Waals surface area (Å²) < 4.78 is 3.29. The fourth-order valence-electron chi connectivity index (χ4n) is 3.92. The van der Waals surface area contributed by atoms with E-state index in [2.05, 4.69) is 27.0 Å². The fourth-order valence-corrected chi connectivity index (χ4v) is 3.92. The van der Waals surface area contributed by atoms with Gasteiger partial charge < -0.3 is 10.0 Å². The van der Waals surface area contributed by atoms with Gasteiger partial charge in [0.05, 0.1) is 12.4 Å². The minimum atomic E-state index is -0.988. The third-order valence-electron chi connectivity index (χ3n) is 5.90. The van der Waals surface area contributed by atoms with E-state index in [-0.39, 0.29) is 5.43 Å². The summed E-state index contributed by atoms with van der Waals surface area (Å²) in [6, 6.07) is 8.79. The number of carboxylic acid groups (broad SMARTS) is 1. The molecule has 3 heterocycles. The van der Waals surface area contributed by atoms with Crippen LogP contribution in [-0.2, 0) is 13.5 Å². The molecule has 0 aliphatic carbocycles. The SMILES string of the molecule is CN1CCN(CCN(C(=O)O)c2cccc(Cc3nn(-c4cnn(C)c4)ccc3=O)c2)CC1. The van der Waals surface area contributed by atoms with Crippen molar-refractivity contribution < 1.29 is 9.90 Å². The van der Waals surface area contributed by atoms with Crippen LogP contribution < -0.4 is 10.3 Å². The van der Waals surface area contributed by atoms with Crippen molar-refractivity contribution in [2.45, 2.75) is 6.42 Å². The van der Waals surface area contributed by atoms with Gasteiger partial charge in [-0.05, 0) is 24.7 Å². The first-order valence-corrected chi connectivity index (χ1v) is 11.0. The number of aromatic nitrogens is 4. The summed E-state index contributed by atoms with van der Waals surface area (Å²) in [6.45, 7) is 4.92. The van der Waals surface area contributed by atoms with Crippen molar-refractivity contribution in [3.63, 3.8) is 0 Å². The van der Waals surface area contributed by atoms with Crippen molar-refractivity contribution in [1.82, 2.24) is 29.4 Å². The molecule has 1 aliphatic heterocycles. The highest BCUT2D eigenvalue weighted by Crippen LogP contribution is 2.18. The molecule has 1 N–H and O–H groups in total. The van der Waals surface area contributed by atoms with Crippen molar-refractivity contribution in [1.29, 1.82) is 0 Å². The second kappa shape index (κ2) is 9.97. The predicted octanol–water partition coefficient (Wildman–Crippen LogP) is 1.29. The van der Waals surface area contributed by atoms with E-state index in [1.807, 2.05) is 31.4 Å². The Morgan fingerprint density at radius 1 is 1.15 bits per heavy atom. The summed E-state index contributed by atoms with van der Waals surface area (Å²) in [6.07, 6.45) is 4.42. The Kier molecular flexibility index (Phi) is 6.85. The lowest BCUT2D eigenvalue weighted by molar-refractivity contribution is 0.155. The number of aryl methyl sites for hydroxylation is 1. The molecule has 174 valence electrons. The lowest BCUT2D eigenvalue weighted by Crippen LogP contribution is -2.47. The molecular formula is C23H29N7O3. The molecule has 0 radical (unpaired) electrons. The minimum absolute atomic E-state index is 0.161. The van der Waals surface area contributed by atoms with Gasteiger partial charge in [-0.3, -0.25) is 19.3 Å². The van der Waals surface area contributed by atoms with Crippen LogP contribution >= 0.6 is 0 Å². The first kappa shape index (κ1) is 22.7. The molecule has 0 saturated carbocycles. The van der Waals surface area contributed by atoms with Gasteiger partial charge in [0.1, 0.15) is 11.4 Å². The molecule has 1 saturated heterocycles. The number of carbonyl (C=O) groups is 1. The summed E-state index contributed by atoms with van der Waals surface area (Å²) in [5.74, 6) is 0. The first-order valence-electron chi connectivity index (χ1n) is 11.0. The molecule has 33 heavy (non-hydrogen) atoms. The van der Waals surface area contributed by atoms with Crippen molar-refractivity contribution in [2.24, 2.45) is 7.05 Å². The molecule has 4 rings (SSSR count). The molecular weight excluding hydrogens is 422 g/mol. The minimum Gasteiger partial charge on any atom is -0.465 e. The molecule has 3 aromatic rings. The zero-order valence-corrected chi connectivity index (χ0v) is 19.0. The Balaban J connectivity index is 1.49. The van der Waals surface area contributed by atoms with E-state index < -0.39 is 6.09 Å². The van der Waals surface area contributed by atoms with Crippen LogP contribution in [-0.4, -0.2) is 86.9 Å². The second-order valence-electron chi connectivity index (χ2n) is 8.37. The molecule has 0 spiro atoms. The highest BCUT2D eigenvalue weighted by atomic mass is 16.4. The number of likely N-dealkylation sites (N-methyl/N-ethyl adjacent to an activating group) is 1. The maximum atomic E-state index is 12.4. The van der Waals surface area contributed by atoms with E-state index >= 15 is 0 Å². The van der Waals surface area contributed by atoms with Crippen LogP contribution in [0, 0.1) is 0 Å². The Labute approximate surface area is 192 Å². The monoisotopic (exact) mass is 451 g/mol. The number of hydrogen-bond donors (Lipinski definition) is 1. The maximum absolute atomic E-state index is 12.4. The van der Waals surface area contributed by atoms with Crippen LogP contribution in [0.25, 0.3) is 5.69 Å². The zero-order valence-electron chi connectivity index (χ0n) is 19.0. The Morgan fingerprint density at radius 2 is 1.94 bits per heavy atom. The lowest BCUT2D eigenvalue weighted by atomic mass is 10.1. The quantitative estimate of drug-likeness (QED) is 0.578. The molecule has 10 nitrogen and oxygen atoms in total. The highest BCUT2D eigenvalue weighted by molar-refractivity contribution is 5.86. The number of piperazine rings is 1. The zero-order chi connectivity index (χ0) is 23.4. The predicted molar refractivity (Wildman–Crippen MR) is 125 cm³/mol. The molecule has 2 aromatic heterocycles. The van der Waals surface area contributed by atoms with Crippen molar-refractivity contribution >= 4 is 11.8 Å². The fraction of sp³-hybridized carbons (Fsp3) is 0.391. The van der Waals surface area contributed by atoms with E-state index in [4.69, 9.17) is 0 Å². The molecule has 1 aliphatic rings. The topological polar surface area (TPSA) is 99.7 Å². The van der Waals surface area contributed by atoms with E-state index in [9.17, 15) is 14.7 Å². The van der Waals surface area contributed by atoms with Gasteiger partial charge in [-0.1, -0.05) is 12.1 Å². The number of benzene rings is 1. The van der Waals surface area contributed by atoms with E-state index in [1.165, 1.54) is 11.0 Å². The van der Waals surface area contributed by atoms with E-state index in [1.54, 1.807) is 27.8 Å². The van der Waals surface area contributed by atoms with Gasteiger partial charge in [0.25, 0.3) is 0 Å². The van der Waals surface area contributed by atoms with Crippen LogP contribution in [0.3, 0.4) is 0 Å². The smallest absolute Gasteiger partial charge is 0.411 e. The van der Waals surface area contributed by atoms with Gasteiger partial charge in [-0.25, -0.2) is 9.48 Å². The molecule has 10 heteroatoms. The largest absolute Gasteiger partial charge is 0.465 e. The first-order chi connectivity index (χ1) is 15.9. The summed E-state index contributed by atoms with van der Waals surface area (Å²) >= 11 is 0. The molecule has 1 amide bonds. The van der Waals surface area contributed by atoms with Crippen molar-refractivity contribution in [2.75, 3.05) is 51.2 Å². The molecule has 0 unspecified atom stereocenters. The second-order valence-corrected chi connectivity index (χ2v) is 8.37. The van der Waals surface area contributed by atoms with Gasteiger partial charge in [-0.15, -0.1) is 0 Å². The number of anilines is 1. The van der Waals surface area contributed by atoms with Gasteiger partial charge in [-0.2, -0.15) is 10.2 Å². The molecule has 1 fully saturated rings.